The maximum Gasteiger partial charge on any atom is 0.256 e. The molecule has 0 saturated heterocycles. The number of carbonyl (C=O) groups is 1. The first-order chi connectivity index (χ1) is 12.6. The van der Waals surface area contributed by atoms with Crippen LogP contribution >= 0.6 is 0 Å². The number of anilines is 1. The average molecular weight is 351 g/mol. The van der Waals surface area contributed by atoms with E-state index in [2.05, 4.69) is 25.5 Å². The van der Waals surface area contributed by atoms with Crippen LogP contribution in [0.2, 0.25) is 0 Å². The summed E-state index contributed by atoms with van der Waals surface area (Å²) in [7, 11) is 1.36. The van der Waals surface area contributed by atoms with Crippen LogP contribution in [-0.2, 0) is 0 Å². The lowest BCUT2D eigenvalue weighted by Gasteiger charge is -2.05. The quantitative estimate of drug-likeness (QED) is 0.525. The molecule has 0 atom stereocenters. The Hall–Kier alpha value is -3.68. The van der Waals surface area contributed by atoms with Gasteiger partial charge in [0, 0.05) is 11.6 Å². The zero-order valence-corrected chi connectivity index (χ0v) is 13.7. The number of fused-ring (bicyclic) bond motifs is 1. The Morgan fingerprint density at radius 3 is 2.81 bits per heavy atom. The number of ether oxygens (including phenoxy) is 1. The van der Waals surface area contributed by atoms with Crippen LogP contribution in [0.5, 0.6) is 5.75 Å². The van der Waals surface area contributed by atoms with E-state index in [0.717, 1.165) is 17.1 Å². The van der Waals surface area contributed by atoms with E-state index in [9.17, 15) is 9.18 Å². The maximum atomic E-state index is 13.7. The number of rotatable bonds is 4. The van der Waals surface area contributed by atoms with Gasteiger partial charge in [-0.25, -0.2) is 9.37 Å². The maximum absolute atomic E-state index is 13.7. The van der Waals surface area contributed by atoms with Gasteiger partial charge in [-0.2, -0.15) is 5.10 Å². The number of amides is 1. The number of aromatic amines is 2. The highest BCUT2D eigenvalue weighted by molar-refractivity contribution is 6.04. The van der Waals surface area contributed by atoms with E-state index in [4.69, 9.17) is 4.74 Å². The van der Waals surface area contributed by atoms with Crippen LogP contribution in [-0.4, -0.2) is 33.2 Å². The minimum Gasteiger partial charge on any atom is -0.494 e. The van der Waals surface area contributed by atoms with Gasteiger partial charge in [-0.05, 0) is 30.3 Å². The minimum absolute atomic E-state index is 0.0773. The van der Waals surface area contributed by atoms with Gasteiger partial charge in [0.25, 0.3) is 5.91 Å². The molecular formula is C18H14FN5O2. The first kappa shape index (κ1) is 15.8. The minimum atomic E-state index is -0.606. The number of benzene rings is 2. The topological polar surface area (TPSA) is 95.7 Å². The van der Waals surface area contributed by atoms with Crippen molar-refractivity contribution < 1.29 is 13.9 Å². The van der Waals surface area contributed by atoms with E-state index in [1.807, 2.05) is 24.3 Å². The van der Waals surface area contributed by atoms with Crippen LogP contribution in [0, 0.1) is 5.82 Å². The molecular weight excluding hydrogens is 337 g/mol. The largest absolute Gasteiger partial charge is 0.494 e. The van der Waals surface area contributed by atoms with Crippen LogP contribution in [0.1, 0.15) is 10.4 Å². The van der Waals surface area contributed by atoms with Crippen molar-refractivity contribution in [3.63, 3.8) is 0 Å². The second-order valence-electron chi connectivity index (χ2n) is 5.57. The highest BCUT2D eigenvalue weighted by Gasteiger charge is 2.13. The van der Waals surface area contributed by atoms with E-state index in [0.29, 0.717) is 17.3 Å². The lowest BCUT2D eigenvalue weighted by atomic mass is 10.2. The summed E-state index contributed by atoms with van der Waals surface area (Å²) in [5.41, 5.74) is 2.52. The van der Waals surface area contributed by atoms with E-state index < -0.39 is 11.7 Å². The van der Waals surface area contributed by atoms with E-state index in [1.165, 1.54) is 19.2 Å². The Morgan fingerprint density at radius 2 is 2.04 bits per heavy atom. The molecule has 4 rings (SSSR count). The summed E-state index contributed by atoms with van der Waals surface area (Å²) in [5.74, 6) is -0.0933. The third kappa shape index (κ3) is 2.88. The Balaban J connectivity index is 1.54. The smallest absolute Gasteiger partial charge is 0.256 e. The molecule has 8 heteroatoms. The molecule has 0 aliphatic rings. The first-order valence-electron chi connectivity index (χ1n) is 7.79. The molecule has 26 heavy (non-hydrogen) atoms. The van der Waals surface area contributed by atoms with Gasteiger partial charge in [-0.3, -0.25) is 9.89 Å². The van der Waals surface area contributed by atoms with Crippen molar-refractivity contribution >= 4 is 22.8 Å². The fourth-order valence-corrected chi connectivity index (χ4v) is 2.58. The van der Waals surface area contributed by atoms with Gasteiger partial charge in [0.1, 0.15) is 5.69 Å². The Morgan fingerprint density at radius 1 is 1.19 bits per heavy atom. The summed E-state index contributed by atoms with van der Waals surface area (Å²) >= 11 is 0. The van der Waals surface area contributed by atoms with E-state index in [-0.39, 0.29) is 11.3 Å². The third-order valence-electron chi connectivity index (χ3n) is 3.88. The molecule has 0 spiro atoms. The molecule has 0 aliphatic heterocycles. The molecule has 0 radical (unpaired) electrons. The third-order valence-corrected chi connectivity index (χ3v) is 3.88. The van der Waals surface area contributed by atoms with Crippen LogP contribution in [0.4, 0.5) is 10.2 Å². The van der Waals surface area contributed by atoms with Gasteiger partial charge in [0.15, 0.2) is 23.2 Å². The van der Waals surface area contributed by atoms with Crippen LogP contribution < -0.4 is 10.1 Å². The fraction of sp³-hybridized carbons (Fsp3) is 0.0556. The highest BCUT2D eigenvalue weighted by atomic mass is 19.1. The number of para-hydroxylation sites is 2. The summed E-state index contributed by atoms with van der Waals surface area (Å²) in [4.78, 5) is 19.9. The van der Waals surface area contributed by atoms with Crippen molar-refractivity contribution in [3.05, 3.63) is 59.9 Å². The highest BCUT2D eigenvalue weighted by Crippen LogP contribution is 2.22. The summed E-state index contributed by atoms with van der Waals surface area (Å²) < 4.78 is 18.6. The number of imidazole rings is 1. The molecule has 3 N–H and O–H groups in total. The van der Waals surface area contributed by atoms with Crippen molar-refractivity contribution in [1.29, 1.82) is 0 Å². The van der Waals surface area contributed by atoms with Crippen LogP contribution in [0.15, 0.2) is 48.5 Å². The van der Waals surface area contributed by atoms with Crippen molar-refractivity contribution in [1.82, 2.24) is 20.2 Å². The molecule has 1 amide bonds. The normalized spacial score (nSPS) is 10.8. The van der Waals surface area contributed by atoms with Gasteiger partial charge >= 0.3 is 0 Å². The zero-order valence-electron chi connectivity index (χ0n) is 13.7. The second kappa shape index (κ2) is 6.32. The van der Waals surface area contributed by atoms with Gasteiger partial charge in [0.2, 0.25) is 0 Å². The molecule has 2 aromatic carbocycles. The number of carbonyl (C=O) groups excluding carboxylic acids is 1. The molecule has 0 aliphatic carbocycles. The molecule has 2 aromatic heterocycles. The summed E-state index contributed by atoms with van der Waals surface area (Å²) in [6.07, 6.45) is 0. The van der Waals surface area contributed by atoms with Crippen molar-refractivity contribution in [3.8, 4) is 17.3 Å². The number of aromatic nitrogens is 4. The number of nitrogens with zero attached hydrogens (tertiary/aromatic N) is 2. The van der Waals surface area contributed by atoms with Crippen molar-refractivity contribution in [2.75, 3.05) is 12.4 Å². The molecule has 130 valence electrons. The lowest BCUT2D eigenvalue weighted by molar-refractivity contribution is 0.102. The summed E-state index contributed by atoms with van der Waals surface area (Å²) in [5, 5.41) is 9.48. The van der Waals surface area contributed by atoms with Crippen LogP contribution in [0.3, 0.4) is 0 Å². The monoisotopic (exact) mass is 351 g/mol. The molecule has 0 fully saturated rings. The fourth-order valence-electron chi connectivity index (χ4n) is 2.58. The number of methoxy groups -OCH3 is 1. The van der Waals surface area contributed by atoms with Crippen LogP contribution in [0.25, 0.3) is 22.6 Å². The number of halogens is 1. The predicted octanol–water partition coefficient (Wildman–Crippen LogP) is 3.35. The molecule has 2 heterocycles. The standard InChI is InChI=1S/C18H14FN5O2/c1-26-15-7-6-10(8-11(15)19)18(25)22-16-9-14(23-24-16)17-20-12-4-2-3-5-13(12)21-17/h2-9H,1H3,(H,20,21)(H2,22,23,24,25). The second-order valence-corrected chi connectivity index (χ2v) is 5.57. The van der Waals surface area contributed by atoms with E-state index >= 15 is 0 Å². The average Bonchev–Trinajstić information content (AvgIpc) is 3.28. The van der Waals surface area contributed by atoms with Gasteiger partial charge < -0.3 is 15.0 Å². The van der Waals surface area contributed by atoms with E-state index in [1.54, 1.807) is 6.07 Å². The molecule has 4 aromatic rings. The molecule has 0 bridgehead atoms. The lowest BCUT2D eigenvalue weighted by Crippen LogP contribution is -2.12. The van der Waals surface area contributed by atoms with Gasteiger partial charge in [-0.1, -0.05) is 12.1 Å². The number of nitrogens with one attached hydrogen (secondary N) is 3. The Kier molecular flexibility index (Phi) is 3.85. The van der Waals surface area contributed by atoms with Gasteiger partial charge in [0.05, 0.1) is 18.1 Å². The molecule has 0 saturated carbocycles. The zero-order chi connectivity index (χ0) is 18.1. The van der Waals surface area contributed by atoms with Gasteiger partial charge in [-0.15, -0.1) is 0 Å². The number of H-pyrrole nitrogens is 2. The predicted molar refractivity (Wildman–Crippen MR) is 94.6 cm³/mol. The SMILES string of the molecule is COc1ccc(C(=O)Nc2cc(-c3nc4ccccc4[nH]3)[nH]n2)cc1F. The number of hydrogen-bond donors (Lipinski definition) is 3. The number of hydrogen-bond acceptors (Lipinski definition) is 4. The molecule has 7 nitrogen and oxygen atoms in total. The Labute approximate surface area is 147 Å². The summed E-state index contributed by atoms with van der Waals surface area (Å²) in [6.45, 7) is 0. The summed E-state index contributed by atoms with van der Waals surface area (Å²) in [6, 6.07) is 13.3. The first-order valence-corrected chi connectivity index (χ1v) is 7.79. The van der Waals surface area contributed by atoms with Crippen molar-refractivity contribution in [2.45, 2.75) is 0 Å². The molecule has 0 unspecified atom stereocenters. The Bertz CT molecular complexity index is 1070. The van der Waals surface area contributed by atoms with Crippen molar-refractivity contribution in [2.24, 2.45) is 0 Å².